The molecule has 1 aromatic carbocycles. The van der Waals surface area contributed by atoms with Gasteiger partial charge >= 0.3 is 0 Å². The number of benzene rings is 1. The lowest BCUT2D eigenvalue weighted by molar-refractivity contribution is 0.121. The Hall–Kier alpha value is -1.91. The Labute approximate surface area is 138 Å². The Bertz CT molecular complexity index is 619. The van der Waals surface area contributed by atoms with E-state index in [0.717, 1.165) is 45.0 Å². The van der Waals surface area contributed by atoms with Gasteiger partial charge in [0.2, 0.25) is 5.88 Å². The average Bonchev–Trinajstić information content (AvgIpc) is 2.59. The summed E-state index contributed by atoms with van der Waals surface area (Å²) in [4.78, 5) is 9.50. The number of rotatable bonds is 5. The van der Waals surface area contributed by atoms with Crippen LogP contribution < -0.4 is 4.74 Å². The van der Waals surface area contributed by atoms with E-state index in [4.69, 9.17) is 4.74 Å². The monoisotopic (exact) mass is 311 g/mol. The van der Waals surface area contributed by atoms with Crippen molar-refractivity contribution in [3.63, 3.8) is 0 Å². The van der Waals surface area contributed by atoms with Gasteiger partial charge < -0.3 is 4.74 Å². The topological polar surface area (TPSA) is 28.6 Å². The van der Waals surface area contributed by atoms with E-state index in [-0.39, 0.29) is 0 Å². The van der Waals surface area contributed by atoms with Crippen molar-refractivity contribution >= 4 is 0 Å². The minimum Gasteiger partial charge on any atom is -0.481 e. The molecule has 2 heterocycles. The molecular formula is C19H25N3O. The largest absolute Gasteiger partial charge is 0.481 e. The molecule has 0 saturated carbocycles. The van der Waals surface area contributed by atoms with E-state index in [1.807, 2.05) is 12.1 Å². The number of aromatic nitrogens is 1. The minimum absolute atomic E-state index is 0.695. The highest BCUT2D eigenvalue weighted by Crippen LogP contribution is 2.13. The summed E-state index contributed by atoms with van der Waals surface area (Å²) in [6, 6.07) is 14.8. The highest BCUT2D eigenvalue weighted by Gasteiger charge is 2.17. The molecule has 1 saturated heterocycles. The second-order valence-corrected chi connectivity index (χ2v) is 6.21. The number of methoxy groups -OCH3 is 1. The van der Waals surface area contributed by atoms with Crippen LogP contribution in [0.3, 0.4) is 0 Å². The number of hydrogen-bond donors (Lipinski definition) is 0. The molecule has 0 atom stereocenters. The standard InChI is InChI=1S/C19H25N3O/c1-16-6-8-17(9-7-16)14-21-10-12-22(13-11-21)15-18-4-3-5-19(20-18)23-2/h3-9H,10-15H2,1-2H3. The third-order valence-electron chi connectivity index (χ3n) is 4.37. The van der Waals surface area contributed by atoms with Gasteiger partial charge in [-0.25, -0.2) is 4.98 Å². The average molecular weight is 311 g/mol. The van der Waals surface area contributed by atoms with Gasteiger partial charge in [-0.05, 0) is 18.6 Å². The van der Waals surface area contributed by atoms with Gasteiger partial charge in [0.1, 0.15) is 0 Å². The summed E-state index contributed by atoms with van der Waals surface area (Å²) in [5, 5.41) is 0. The smallest absolute Gasteiger partial charge is 0.213 e. The Morgan fingerprint density at radius 1 is 0.913 bits per heavy atom. The maximum Gasteiger partial charge on any atom is 0.213 e. The highest BCUT2D eigenvalue weighted by atomic mass is 16.5. The number of hydrogen-bond acceptors (Lipinski definition) is 4. The molecular weight excluding hydrogens is 286 g/mol. The molecule has 2 aromatic rings. The van der Waals surface area contributed by atoms with Crippen LogP contribution in [0.15, 0.2) is 42.5 Å². The third-order valence-corrected chi connectivity index (χ3v) is 4.37. The summed E-state index contributed by atoms with van der Waals surface area (Å²) in [5.41, 5.74) is 3.80. The number of aryl methyl sites for hydroxylation is 1. The summed E-state index contributed by atoms with van der Waals surface area (Å²) >= 11 is 0. The first kappa shape index (κ1) is 16.0. The molecule has 4 heteroatoms. The van der Waals surface area contributed by atoms with Gasteiger partial charge in [0.25, 0.3) is 0 Å². The lowest BCUT2D eigenvalue weighted by atomic mass is 10.1. The molecule has 0 unspecified atom stereocenters. The zero-order valence-corrected chi connectivity index (χ0v) is 14.0. The van der Waals surface area contributed by atoms with E-state index >= 15 is 0 Å². The van der Waals surface area contributed by atoms with Gasteiger partial charge in [-0.1, -0.05) is 35.9 Å². The van der Waals surface area contributed by atoms with Crippen LogP contribution in [-0.4, -0.2) is 48.1 Å². The second kappa shape index (κ2) is 7.57. The predicted octanol–water partition coefficient (Wildman–Crippen LogP) is 2.72. The number of ether oxygens (including phenoxy) is 1. The normalized spacial score (nSPS) is 16.4. The van der Waals surface area contributed by atoms with Crippen LogP contribution in [-0.2, 0) is 13.1 Å². The molecule has 1 fully saturated rings. The maximum atomic E-state index is 5.20. The number of piperazine rings is 1. The molecule has 1 aliphatic heterocycles. The lowest BCUT2D eigenvalue weighted by Crippen LogP contribution is -2.45. The Morgan fingerprint density at radius 2 is 1.57 bits per heavy atom. The summed E-state index contributed by atoms with van der Waals surface area (Å²) in [6.45, 7) is 8.47. The molecule has 0 aliphatic carbocycles. The lowest BCUT2D eigenvalue weighted by Gasteiger charge is -2.34. The van der Waals surface area contributed by atoms with Gasteiger partial charge in [-0.3, -0.25) is 9.80 Å². The first-order chi connectivity index (χ1) is 11.2. The van der Waals surface area contributed by atoms with Crippen molar-refractivity contribution in [3.8, 4) is 5.88 Å². The summed E-state index contributed by atoms with van der Waals surface area (Å²) < 4.78 is 5.20. The van der Waals surface area contributed by atoms with E-state index in [2.05, 4.69) is 52.0 Å². The Balaban J connectivity index is 1.49. The molecule has 1 aliphatic rings. The van der Waals surface area contributed by atoms with Crippen LogP contribution in [0.25, 0.3) is 0 Å². The van der Waals surface area contributed by atoms with Gasteiger partial charge in [0, 0.05) is 45.3 Å². The summed E-state index contributed by atoms with van der Waals surface area (Å²) in [6.07, 6.45) is 0. The van der Waals surface area contributed by atoms with Crippen LogP contribution in [0.1, 0.15) is 16.8 Å². The SMILES string of the molecule is COc1cccc(CN2CCN(Cc3ccc(C)cc3)CC2)n1. The van der Waals surface area contributed by atoms with Gasteiger partial charge in [0.05, 0.1) is 12.8 Å². The van der Waals surface area contributed by atoms with Crippen LogP contribution >= 0.6 is 0 Å². The number of nitrogens with zero attached hydrogens (tertiary/aromatic N) is 3. The second-order valence-electron chi connectivity index (χ2n) is 6.21. The zero-order valence-electron chi connectivity index (χ0n) is 14.0. The third kappa shape index (κ3) is 4.53. The summed E-state index contributed by atoms with van der Waals surface area (Å²) in [7, 11) is 1.66. The molecule has 0 radical (unpaired) electrons. The maximum absolute atomic E-state index is 5.20. The van der Waals surface area contributed by atoms with Crippen LogP contribution in [0, 0.1) is 6.92 Å². The molecule has 4 nitrogen and oxygen atoms in total. The van der Waals surface area contributed by atoms with Crippen molar-refractivity contribution in [1.29, 1.82) is 0 Å². The first-order valence-corrected chi connectivity index (χ1v) is 8.23. The van der Waals surface area contributed by atoms with E-state index in [1.165, 1.54) is 11.1 Å². The molecule has 122 valence electrons. The molecule has 0 amide bonds. The molecule has 3 rings (SSSR count). The fourth-order valence-corrected chi connectivity index (χ4v) is 2.95. The van der Waals surface area contributed by atoms with E-state index in [1.54, 1.807) is 7.11 Å². The minimum atomic E-state index is 0.695. The van der Waals surface area contributed by atoms with E-state index in [0.29, 0.717) is 5.88 Å². The Kier molecular flexibility index (Phi) is 5.26. The summed E-state index contributed by atoms with van der Waals surface area (Å²) in [5.74, 6) is 0.695. The number of pyridine rings is 1. The molecule has 1 aromatic heterocycles. The van der Waals surface area contributed by atoms with E-state index < -0.39 is 0 Å². The van der Waals surface area contributed by atoms with Crippen molar-refractivity contribution in [1.82, 2.24) is 14.8 Å². The van der Waals surface area contributed by atoms with Crippen molar-refractivity contribution < 1.29 is 4.74 Å². The predicted molar refractivity (Wildman–Crippen MR) is 92.5 cm³/mol. The Morgan fingerprint density at radius 3 is 2.22 bits per heavy atom. The van der Waals surface area contributed by atoms with E-state index in [9.17, 15) is 0 Å². The van der Waals surface area contributed by atoms with Gasteiger partial charge in [-0.15, -0.1) is 0 Å². The highest BCUT2D eigenvalue weighted by molar-refractivity contribution is 5.21. The van der Waals surface area contributed by atoms with Crippen molar-refractivity contribution in [2.45, 2.75) is 20.0 Å². The fourth-order valence-electron chi connectivity index (χ4n) is 2.95. The van der Waals surface area contributed by atoms with Gasteiger partial charge in [0.15, 0.2) is 0 Å². The van der Waals surface area contributed by atoms with Crippen molar-refractivity contribution in [2.75, 3.05) is 33.3 Å². The van der Waals surface area contributed by atoms with Crippen LogP contribution in [0.2, 0.25) is 0 Å². The van der Waals surface area contributed by atoms with Crippen LogP contribution in [0.4, 0.5) is 0 Å². The molecule has 23 heavy (non-hydrogen) atoms. The fraction of sp³-hybridized carbons (Fsp3) is 0.421. The first-order valence-electron chi connectivity index (χ1n) is 8.23. The van der Waals surface area contributed by atoms with Crippen LogP contribution in [0.5, 0.6) is 5.88 Å². The molecule has 0 N–H and O–H groups in total. The van der Waals surface area contributed by atoms with Gasteiger partial charge in [-0.2, -0.15) is 0 Å². The van der Waals surface area contributed by atoms with Crippen molar-refractivity contribution in [3.05, 3.63) is 59.3 Å². The van der Waals surface area contributed by atoms with Crippen molar-refractivity contribution in [2.24, 2.45) is 0 Å². The zero-order chi connectivity index (χ0) is 16.1. The molecule has 0 bridgehead atoms. The molecule has 0 spiro atoms. The quantitative estimate of drug-likeness (QED) is 0.849.